The molecule has 0 saturated heterocycles. The van der Waals surface area contributed by atoms with Gasteiger partial charge in [-0.3, -0.25) is 0 Å². The van der Waals surface area contributed by atoms with Crippen LogP contribution < -0.4 is 14.2 Å². The van der Waals surface area contributed by atoms with Crippen molar-refractivity contribution in [1.29, 1.82) is 0 Å². The molecule has 0 heterocycles. The predicted octanol–water partition coefficient (Wildman–Crippen LogP) is 1.40. The summed E-state index contributed by atoms with van der Waals surface area (Å²) < 4.78 is 35.8. The topological polar surface area (TPSA) is 64.6 Å². The second kappa shape index (κ2) is 6.58. The fourth-order valence-electron chi connectivity index (χ4n) is 1.46. The van der Waals surface area contributed by atoms with E-state index in [0.29, 0.717) is 24.5 Å². The number of halogens is 1. The molecule has 7 heteroatoms. The summed E-state index contributed by atoms with van der Waals surface area (Å²) in [6, 6.07) is 3.74. The van der Waals surface area contributed by atoms with Gasteiger partial charge in [-0.2, -0.15) is 0 Å². The molecule has 18 heavy (non-hydrogen) atoms. The summed E-state index contributed by atoms with van der Waals surface area (Å²) in [6.45, 7) is 0.365. The van der Waals surface area contributed by atoms with Crippen molar-refractivity contribution in [3.05, 3.63) is 21.3 Å². The summed E-state index contributed by atoms with van der Waals surface area (Å²) in [5.41, 5.74) is 1.02. The Hall–Kier alpha value is -0.540. The maximum Gasteiger partial charge on any atom is 0.208 e. The van der Waals surface area contributed by atoms with Gasteiger partial charge < -0.3 is 9.47 Å². The van der Waals surface area contributed by atoms with Crippen molar-refractivity contribution >= 4 is 32.6 Å². The highest BCUT2D eigenvalue weighted by molar-refractivity contribution is 14.1. The summed E-state index contributed by atoms with van der Waals surface area (Å²) in [4.78, 5) is 0. The zero-order valence-electron chi connectivity index (χ0n) is 10.5. The standard InChI is InChI=1S/C11H16INO4S/c1-16-10-6-8(4-5-13-18(3,14)15)9(12)7-11(10)17-2/h6-7,13H,4-5H2,1-3H3. The third kappa shape index (κ3) is 4.62. The van der Waals surface area contributed by atoms with Gasteiger partial charge in [-0.1, -0.05) is 0 Å². The van der Waals surface area contributed by atoms with Crippen LogP contribution in [-0.2, 0) is 16.4 Å². The number of sulfonamides is 1. The predicted molar refractivity (Wildman–Crippen MR) is 78.8 cm³/mol. The highest BCUT2D eigenvalue weighted by atomic mass is 127. The number of hydrogen-bond donors (Lipinski definition) is 1. The smallest absolute Gasteiger partial charge is 0.208 e. The summed E-state index contributed by atoms with van der Waals surface area (Å²) in [5, 5.41) is 0. The van der Waals surface area contributed by atoms with Gasteiger partial charge in [0.05, 0.1) is 20.5 Å². The van der Waals surface area contributed by atoms with E-state index in [1.54, 1.807) is 14.2 Å². The molecule has 0 aliphatic rings. The molecule has 0 amide bonds. The van der Waals surface area contributed by atoms with Crippen LogP contribution in [0, 0.1) is 3.57 Å². The molecule has 0 spiro atoms. The van der Waals surface area contributed by atoms with Crippen molar-refractivity contribution in [3.63, 3.8) is 0 Å². The third-order valence-electron chi connectivity index (χ3n) is 2.31. The second-order valence-corrected chi connectivity index (χ2v) is 6.71. The van der Waals surface area contributed by atoms with Crippen molar-refractivity contribution in [2.24, 2.45) is 0 Å². The number of rotatable bonds is 6. The van der Waals surface area contributed by atoms with E-state index < -0.39 is 10.0 Å². The average molecular weight is 385 g/mol. The van der Waals surface area contributed by atoms with Crippen LogP contribution in [0.4, 0.5) is 0 Å². The molecule has 0 bridgehead atoms. The normalized spacial score (nSPS) is 11.3. The molecule has 1 N–H and O–H groups in total. The lowest BCUT2D eigenvalue weighted by molar-refractivity contribution is 0.354. The minimum Gasteiger partial charge on any atom is -0.493 e. The molecule has 1 rings (SSSR count). The molecule has 1 aromatic rings. The lowest BCUT2D eigenvalue weighted by Gasteiger charge is -2.12. The number of nitrogens with one attached hydrogen (secondary N) is 1. The first-order valence-electron chi connectivity index (χ1n) is 5.22. The zero-order valence-corrected chi connectivity index (χ0v) is 13.5. The Bertz CT molecular complexity index is 516. The van der Waals surface area contributed by atoms with E-state index in [9.17, 15) is 8.42 Å². The lowest BCUT2D eigenvalue weighted by atomic mass is 10.1. The van der Waals surface area contributed by atoms with Crippen molar-refractivity contribution in [3.8, 4) is 11.5 Å². The van der Waals surface area contributed by atoms with E-state index in [1.807, 2.05) is 12.1 Å². The van der Waals surface area contributed by atoms with Crippen LogP contribution in [0.25, 0.3) is 0 Å². The second-order valence-electron chi connectivity index (χ2n) is 3.72. The first kappa shape index (κ1) is 15.5. The van der Waals surface area contributed by atoms with Gasteiger partial charge in [-0.15, -0.1) is 0 Å². The van der Waals surface area contributed by atoms with Gasteiger partial charge >= 0.3 is 0 Å². The number of hydrogen-bond acceptors (Lipinski definition) is 4. The van der Waals surface area contributed by atoms with Gasteiger partial charge in [0.15, 0.2) is 11.5 Å². The third-order valence-corrected chi connectivity index (χ3v) is 4.04. The van der Waals surface area contributed by atoms with E-state index in [0.717, 1.165) is 15.4 Å². The number of ether oxygens (including phenoxy) is 2. The van der Waals surface area contributed by atoms with E-state index in [4.69, 9.17) is 9.47 Å². The molecule has 0 aliphatic carbocycles. The van der Waals surface area contributed by atoms with Crippen LogP contribution in [0.2, 0.25) is 0 Å². The van der Waals surface area contributed by atoms with Gasteiger partial charge in [0, 0.05) is 10.1 Å². The molecule has 1 aromatic carbocycles. The van der Waals surface area contributed by atoms with Gasteiger partial charge in [0.2, 0.25) is 10.0 Å². The summed E-state index contributed by atoms with van der Waals surface area (Å²) >= 11 is 2.19. The van der Waals surface area contributed by atoms with Crippen molar-refractivity contribution in [2.45, 2.75) is 6.42 Å². The van der Waals surface area contributed by atoms with Gasteiger partial charge in [0.1, 0.15) is 0 Å². The summed E-state index contributed by atoms with van der Waals surface area (Å²) in [5.74, 6) is 1.31. The van der Waals surface area contributed by atoms with Crippen LogP contribution in [0.1, 0.15) is 5.56 Å². The van der Waals surface area contributed by atoms with Crippen LogP contribution >= 0.6 is 22.6 Å². The Morgan fingerprint density at radius 1 is 1.22 bits per heavy atom. The Morgan fingerprint density at radius 2 is 1.78 bits per heavy atom. The minimum absolute atomic E-state index is 0.365. The van der Waals surface area contributed by atoms with Gasteiger partial charge in [-0.25, -0.2) is 13.1 Å². The molecule has 0 aliphatic heterocycles. The maximum atomic E-state index is 11.0. The van der Waals surface area contributed by atoms with E-state index in [-0.39, 0.29) is 0 Å². The molecule has 0 radical (unpaired) electrons. The highest BCUT2D eigenvalue weighted by Gasteiger charge is 2.10. The van der Waals surface area contributed by atoms with E-state index in [1.165, 1.54) is 0 Å². The molecule has 0 aromatic heterocycles. The minimum atomic E-state index is -3.14. The Morgan fingerprint density at radius 3 is 2.28 bits per heavy atom. The highest BCUT2D eigenvalue weighted by Crippen LogP contribution is 2.31. The summed E-state index contributed by atoms with van der Waals surface area (Å²) in [7, 11) is 0.0108. The Kier molecular flexibility index (Phi) is 5.67. The fraction of sp³-hybridized carbons (Fsp3) is 0.455. The molecule has 0 saturated carbocycles. The van der Waals surface area contributed by atoms with E-state index >= 15 is 0 Å². The first-order valence-corrected chi connectivity index (χ1v) is 8.19. The fourth-order valence-corrected chi connectivity index (χ4v) is 2.64. The molecule has 5 nitrogen and oxygen atoms in total. The quantitative estimate of drug-likeness (QED) is 0.752. The van der Waals surface area contributed by atoms with Gasteiger partial charge in [-0.05, 0) is 46.7 Å². The summed E-state index contributed by atoms with van der Waals surface area (Å²) in [6.07, 6.45) is 1.75. The molecule has 0 unspecified atom stereocenters. The molecule has 102 valence electrons. The van der Waals surface area contributed by atoms with Crippen LogP contribution in [0.15, 0.2) is 12.1 Å². The molecular formula is C11H16INO4S. The van der Waals surface area contributed by atoms with E-state index in [2.05, 4.69) is 27.3 Å². The zero-order chi connectivity index (χ0) is 13.8. The molecular weight excluding hydrogens is 369 g/mol. The van der Waals surface area contributed by atoms with Crippen LogP contribution in [0.5, 0.6) is 11.5 Å². The Labute approximate surface area is 121 Å². The van der Waals surface area contributed by atoms with Crippen LogP contribution in [0.3, 0.4) is 0 Å². The number of methoxy groups -OCH3 is 2. The molecule has 0 atom stereocenters. The maximum absolute atomic E-state index is 11.0. The van der Waals surface area contributed by atoms with Crippen molar-refractivity contribution < 1.29 is 17.9 Å². The Balaban J connectivity index is 2.83. The average Bonchev–Trinajstić information content (AvgIpc) is 2.29. The molecule has 0 fully saturated rings. The number of benzene rings is 1. The van der Waals surface area contributed by atoms with Gasteiger partial charge in [0.25, 0.3) is 0 Å². The van der Waals surface area contributed by atoms with Crippen LogP contribution in [-0.4, -0.2) is 35.4 Å². The van der Waals surface area contributed by atoms with Crippen molar-refractivity contribution in [1.82, 2.24) is 4.72 Å². The largest absolute Gasteiger partial charge is 0.493 e. The van der Waals surface area contributed by atoms with Crippen molar-refractivity contribution in [2.75, 3.05) is 27.0 Å². The SMILES string of the molecule is COc1cc(I)c(CCNS(C)(=O)=O)cc1OC. The lowest BCUT2D eigenvalue weighted by Crippen LogP contribution is -2.24. The monoisotopic (exact) mass is 385 g/mol. The first-order chi connectivity index (χ1) is 8.37.